The minimum atomic E-state index is -0.525. The van der Waals surface area contributed by atoms with Crippen molar-refractivity contribution in [2.45, 2.75) is 40.7 Å². The van der Waals surface area contributed by atoms with Gasteiger partial charge in [-0.2, -0.15) is 5.26 Å². The molecule has 0 aliphatic rings. The third kappa shape index (κ3) is 4.56. The Kier molecular flexibility index (Phi) is 6.35. The van der Waals surface area contributed by atoms with E-state index in [9.17, 15) is 15.3 Å². The lowest BCUT2D eigenvalue weighted by molar-refractivity contribution is 0.0527. The van der Waals surface area contributed by atoms with Crippen LogP contribution in [0.15, 0.2) is 41.7 Å². The highest BCUT2D eigenvalue weighted by Gasteiger charge is 2.26. The molecule has 1 N–H and O–H groups in total. The van der Waals surface area contributed by atoms with Gasteiger partial charge in [0.15, 0.2) is 5.82 Å². The Morgan fingerprint density at radius 1 is 1.29 bits per heavy atom. The summed E-state index contributed by atoms with van der Waals surface area (Å²) >= 11 is 0. The van der Waals surface area contributed by atoms with Gasteiger partial charge in [-0.1, -0.05) is 56.3 Å². The van der Waals surface area contributed by atoms with E-state index in [-0.39, 0.29) is 29.1 Å². The number of nitriles is 1. The number of aryl methyl sites for hydroxylation is 1. The van der Waals surface area contributed by atoms with Crippen molar-refractivity contribution < 1.29 is 14.7 Å². The molecule has 0 bridgehead atoms. The first-order valence-electron chi connectivity index (χ1n) is 10.0. The Bertz CT molecular complexity index is 1170. The van der Waals surface area contributed by atoms with E-state index in [1.165, 1.54) is 6.20 Å². The zero-order valence-corrected chi connectivity index (χ0v) is 18.1. The molecule has 0 aliphatic heterocycles. The molecular weight excluding hydrogens is 394 g/mol. The lowest BCUT2D eigenvalue weighted by Gasteiger charge is -2.19. The number of esters is 1. The van der Waals surface area contributed by atoms with Crippen LogP contribution in [0.2, 0.25) is 0 Å². The summed E-state index contributed by atoms with van der Waals surface area (Å²) in [5.41, 5.74) is 2.32. The van der Waals surface area contributed by atoms with E-state index in [1.807, 2.05) is 36.4 Å². The van der Waals surface area contributed by atoms with Crippen LogP contribution in [-0.4, -0.2) is 38.0 Å². The summed E-state index contributed by atoms with van der Waals surface area (Å²) in [4.78, 5) is 21.8. The van der Waals surface area contributed by atoms with Crippen molar-refractivity contribution in [2.75, 3.05) is 6.61 Å². The number of carbonyl (C=O) groups excluding carboxylic acids is 1. The normalized spacial score (nSPS) is 12.0. The second kappa shape index (κ2) is 8.96. The van der Waals surface area contributed by atoms with Gasteiger partial charge in [-0.25, -0.2) is 9.78 Å². The number of oxime groups is 1. The molecule has 3 aromatic rings. The number of pyridine rings is 1. The lowest BCUT2D eigenvalue weighted by atomic mass is 9.92. The van der Waals surface area contributed by atoms with Gasteiger partial charge in [0.2, 0.25) is 5.71 Å². The Morgan fingerprint density at radius 3 is 2.58 bits per heavy atom. The van der Waals surface area contributed by atoms with E-state index in [1.54, 1.807) is 11.5 Å². The molecule has 0 fully saturated rings. The third-order valence-corrected chi connectivity index (χ3v) is 4.82. The average Bonchev–Trinajstić information content (AvgIpc) is 3.12. The summed E-state index contributed by atoms with van der Waals surface area (Å²) < 4.78 is 6.99. The highest BCUT2D eigenvalue weighted by Crippen LogP contribution is 2.31. The van der Waals surface area contributed by atoms with Gasteiger partial charge < -0.3 is 14.5 Å². The SMILES string of the molecule is CCOC(=O)c1cnc(-c2ccccc2)c2nc(C(C#N)=NO)n(CCC(C)(C)C)c12. The Labute approximate surface area is 180 Å². The third-order valence-electron chi connectivity index (χ3n) is 4.82. The fourth-order valence-corrected chi connectivity index (χ4v) is 3.27. The standard InChI is InChI=1S/C23H25N5O3/c1-5-31-22(29)16-14-25-18(15-9-7-6-8-10-15)19-20(16)28(12-11-23(2,3)4)21(26-19)17(13-24)27-30/h6-10,14,30H,5,11-12H2,1-4H3. The van der Waals surface area contributed by atoms with Crippen LogP contribution in [-0.2, 0) is 11.3 Å². The van der Waals surface area contributed by atoms with Crippen molar-refractivity contribution in [1.29, 1.82) is 5.26 Å². The summed E-state index contributed by atoms with van der Waals surface area (Å²) in [6, 6.07) is 11.3. The van der Waals surface area contributed by atoms with Gasteiger partial charge in [-0.15, -0.1) is 0 Å². The predicted molar refractivity (Wildman–Crippen MR) is 117 cm³/mol. The molecule has 0 spiro atoms. The van der Waals surface area contributed by atoms with Gasteiger partial charge in [0, 0.05) is 18.3 Å². The molecule has 0 unspecified atom stereocenters. The van der Waals surface area contributed by atoms with Gasteiger partial charge in [-0.3, -0.25) is 4.98 Å². The van der Waals surface area contributed by atoms with E-state index in [0.29, 0.717) is 23.3 Å². The number of hydrogen-bond donors (Lipinski definition) is 1. The number of fused-ring (bicyclic) bond motifs is 1. The van der Waals surface area contributed by atoms with Crippen molar-refractivity contribution in [3.05, 3.63) is 47.9 Å². The van der Waals surface area contributed by atoms with Crippen molar-refractivity contribution >= 4 is 22.7 Å². The quantitative estimate of drug-likeness (QED) is 0.274. The number of nitrogens with zero attached hydrogens (tertiary/aromatic N) is 5. The van der Waals surface area contributed by atoms with E-state index in [0.717, 1.165) is 12.0 Å². The van der Waals surface area contributed by atoms with Crippen LogP contribution in [0.3, 0.4) is 0 Å². The molecule has 2 aromatic heterocycles. The van der Waals surface area contributed by atoms with E-state index >= 15 is 0 Å². The number of imidazole rings is 1. The first-order valence-corrected chi connectivity index (χ1v) is 10.0. The zero-order chi connectivity index (χ0) is 22.6. The monoisotopic (exact) mass is 419 g/mol. The summed E-state index contributed by atoms with van der Waals surface area (Å²) in [7, 11) is 0. The van der Waals surface area contributed by atoms with Crippen molar-refractivity contribution in [3.8, 4) is 17.3 Å². The molecule has 8 nitrogen and oxygen atoms in total. The predicted octanol–water partition coefficient (Wildman–Crippen LogP) is 4.41. The minimum Gasteiger partial charge on any atom is -0.462 e. The summed E-state index contributed by atoms with van der Waals surface area (Å²) in [5, 5.41) is 22.0. The molecular formula is C23H25N5O3. The minimum absolute atomic E-state index is 0.0175. The van der Waals surface area contributed by atoms with Crippen molar-refractivity contribution in [2.24, 2.45) is 10.6 Å². The van der Waals surface area contributed by atoms with Gasteiger partial charge >= 0.3 is 5.97 Å². The molecule has 2 heterocycles. The highest BCUT2D eigenvalue weighted by molar-refractivity contribution is 6.13. The first kappa shape index (κ1) is 22.0. The van der Waals surface area contributed by atoms with Crippen LogP contribution < -0.4 is 0 Å². The van der Waals surface area contributed by atoms with Crippen molar-refractivity contribution in [3.63, 3.8) is 0 Å². The molecule has 0 saturated carbocycles. The molecule has 160 valence electrons. The Morgan fingerprint density at radius 2 is 2.00 bits per heavy atom. The van der Waals surface area contributed by atoms with E-state index < -0.39 is 5.97 Å². The number of carbonyl (C=O) groups is 1. The topological polar surface area (TPSA) is 113 Å². The molecule has 0 saturated heterocycles. The van der Waals surface area contributed by atoms with Gasteiger partial charge in [0.25, 0.3) is 0 Å². The molecule has 1 aromatic carbocycles. The van der Waals surface area contributed by atoms with Crippen LogP contribution in [0.25, 0.3) is 22.3 Å². The van der Waals surface area contributed by atoms with Crippen molar-refractivity contribution in [1.82, 2.24) is 14.5 Å². The number of ether oxygens (including phenoxy) is 1. The molecule has 3 rings (SSSR count). The largest absolute Gasteiger partial charge is 0.462 e. The number of hydrogen-bond acceptors (Lipinski definition) is 7. The fraction of sp³-hybridized carbons (Fsp3) is 0.348. The van der Waals surface area contributed by atoms with E-state index in [2.05, 4.69) is 35.9 Å². The molecule has 0 radical (unpaired) electrons. The van der Waals surface area contributed by atoms with Gasteiger partial charge in [0.1, 0.15) is 17.1 Å². The molecule has 0 aliphatic carbocycles. The summed E-state index contributed by atoms with van der Waals surface area (Å²) in [5.74, 6) is -0.345. The molecule has 8 heteroatoms. The second-order valence-corrected chi connectivity index (χ2v) is 8.26. The van der Waals surface area contributed by atoms with Crippen LogP contribution in [0.4, 0.5) is 0 Å². The Hall–Kier alpha value is -3.73. The molecule has 31 heavy (non-hydrogen) atoms. The van der Waals surface area contributed by atoms with Crippen LogP contribution in [0.1, 0.15) is 50.3 Å². The van der Waals surface area contributed by atoms with Crippen LogP contribution >= 0.6 is 0 Å². The second-order valence-electron chi connectivity index (χ2n) is 8.26. The fourth-order valence-electron chi connectivity index (χ4n) is 3.27. The van der Waals surface area contributed by atoms with Gasteiger partial charge in [0.05, 0.1) is 17.8 Å². The Balaban J connectivity index is 2.38. The number of aromatic nitrogens is 3. The molecule has 0 atom stereocenters. The first-order chi connectivity index (χ1) is 14.8. The summed E-state index contributed by atoms with van der Waals surface area (Å²) in [6.07, 6.45) is 2.21. The van der Waals surface area contributed by atoms with Gasteiger partial charge in [-0.05, 0) is 18.8 Å². The zero-order valence-electron chi connectivity index (χ0n) is 18.1. The smallest absolute Gasteiger partial charge is 0.341 e. The lowest BCUT2D eigenvalue weighted by Crippen LogP contribution is -2.16. The molecule has 0 amide bonds. The highest BCUT2D eigenvalue weighted by atomic mass is 16.5. The maximum Gasteiger partial charge on any atom is 0.341 e. The number of benzene rings is 1. The van der Waals surface area contributed by atoms with Crippen LogP contribution in [0, 0.1) is 16.7 Å². The van der Waals surface area contributed by atoms with Crippen LogP contribution in [0.5, 0.6) is 0 Å². The summed E-state index contributed by atoms with van der Waals surface area (Å²) in [6.45, 7) is 8.70. The average molecular weight is 419 g/mol. The maximum absolute atomic E-state index is 12.7. The van der Waals surface area contributed by atoms with E-state index in [4.69, 9.17) is 4.74 Å². The maximum atomic E-state index is 12.7. The number of rotatable bonds is 6.